The number of halogens is 2. The second kappa shape index (κ2) is 5.85. The molecule has 3 N–H and O–H groups in total. The quantitative estimate of drug-likeness (QED) is 0.894. The van der Waals surface area contributed by atoms with Gasteiger partial charge in [-0.25, -0.2) is 0 Å². The highest BCUT2D eigenvalue weighted by Crippen LogP contribution is 2.21. The maximum atomic E-state index is 5.52. The molecule has 0 saturated carbocycles. The first kappa shape index (κ1) is 12.2. The van der Waals surface area contributed by atoms with Crippen LogP contribution in [0.15, 0.2) is 27.1 Å². The Balaban J connectivity index is 2.62. The van der Waals surface area contributed by atoms with Gasteiger partial charge in [-0.2, -0.15) is 0 Å². The fourth-order valence-corrected chi connectivity index (χ4v) is 1.84. The summed E-state index contributed by atoms with van der Waals surface area (Å²) in [7, 11) is 0. The molecule has 0 aromatic heterocycles. The zero-order valence-electron chi connectivity index (χ0n) is 8.06. The van der Waals surface area contributed by atoms with Gasteiger partial charge in [-0.05, 0) is 30.7 Å². The van der Waals surface area contributed by atoms with E-state index in [4.69, 9.17) is 5.73 Å². The highest BCUT2D eigenvalue weighted by Gasteiger charge is 2.02. The van der Waals surface area contributed by atoms with Crippen LogP contribution in [0.5, 0.6) is 0 Å². The second-order valence-corrected chi connectivity index (χ2v) is 5.02. The molecule has 0 aliphatic carbocycles. The predicted octanol–water partition coefficient (Wildman–Crippen LogP) is 2.65. The van der Waals surface area contributed by atoms with Gasteiger partial charge in [0.2, 0.25) is 0 Å². The second-order valence-electron chi connectivity index (χ2n) is 3.25. The highest BCUT2D eigenvalue weighted by atomic mass is 79.9. The zero-order chi connectivity index (χ0) is 10.6. The average molecular weight is 322 g/mol. The maximum Gasteiger partial charge on any atom is 0.0221 e. The Morgan fingerprint density at radius 1 is 1.43 bits per heavy atom. The Bertz CT molecular complexity index is 302. The summed E-state index contributed by atoms with van der Waals surface area (Å²) in [6.07, 6.45) is 0. The monoisotopic (exact) mass is 320 g/mol. The minimum Gasteiger partial charge on any atom is -0.329 e. The van der Waals surface area contributed by atoms with E-state index >= 15 is 0 Å². The molecule has 2 nitrogen and oxygen atoms in total. The van der Waals surface area contributed by atoms with Crippen molar-refractivity contribution in [2.45, 2.75) is 19.5 Å². The normalized spacial score (nSPS) is 12.9. The minimum atomic E-state index is 0.348. The van der Waals surface area contributed by atoms with Crippen molar-refractivity contribution in [3.8, 4) is 0 Å². The summed E-state index contributed by atoms with van der Waals surface area (Å²) >= 11 is 6.96. The van der Waals surface area contributed by atoms with Crippen molar-refractivity contribution >= 4 is 31.9 Å². The van der Waals surface area contributed by atoms with Gasteiger partial charge in [0.25, 0.3) is 0 Å². The molecule has 1 aromatic carbocycles. The van der Waals surface area contributed by atoms with Crippen molar-refractivity contribution < 1.29 is 0 Å². The summed E-state index contributed by atoms with van der Waals surface area (Å²) in [6, 6.07) is 6.50. The van der Waals surface area contributed by atoms with Crippen LogP contribution in [0.1, 0.15) is 12.5 Å². The van der Waals surface area contributed by atoms with Gasteiger partial charge in [-0.1, -0.05) is 31.9 Å². The van der Waals surface area contributed by atoms with Gasteiger partial charge in [0, 0.05) is 28.1 Å². The lowest BCUT2D eigenvalue weighted by Gasteiger charge is -2.12. The molecule has 0 aliphatic heterocycles. The molecule has 0 heterocycles. The topological polar surface area (TPSA) is 38.0 Å². The first-order valence-corrected chi connectivity index (χ1v) is 6.09. The molecule has 0 saturated heterocycles. The first-order valence-electron chi connectivity index (χ1n) is 4.51. The third-order valence-electron chi connectivity index (χ3n) is 2.00. The van der Waals surface area contributed by atoms with Gasteiger partial charge in [0.15, 0.2) is 0 Å². The van der Waals surface area contributed by atoms with Crippen molar-refractivity contribution in [1.82, 2.24) is 5.32 Å². The van der Waals surface area contributed by atoms with Crippen LogP contribution in [0.25, 0.3) is 0 Å². The van der Waals surface area contributed by atoms with Gasteiger partial charge in [-0.3, -0.25) is 0 Å². The van der Waals surface area contributed by atoms with E-state index in [0.717, 1.165) is 15.5 Å². The SMILES string of the molecule is CC(CN)NCc1cc(Br)ccc1Br. The van der Waals surface area contributed by atoms with E-state index in [1.807, 2.05) is 12.1 Å². The highest BCUT2D eigenvalue weighted by molar-refractivity contribution is 9.11. The molecule has 0 radical (unpaired) electrons. The molecule has 78 valence electrons. The summed E-state index contributed by atoms with van der Waals surface area (Å²) in [5.74, 6) is 0. The molecular weight excluding hydrogens is 308 g/mol. The molecular formula is C10H14Br2N2. The smallest absolute Gasteiger partial charge is 0.0221 e. The van der Waals surface area contributed by atoms with Crippen LogP contribution in [0, 0.1) is 0 Å². The van der Waals surface area contributed by atoms with Crippen molar-refractivity contribution in [2.24, 2.45) is 5.73 Å². The van der Waals surface area contributed by atoms with Gasteiger partial charge >= 0.3 is 0 Å². The fourth-order valence-electron chi connectivity index (χ4n) is 1.05. The molecule has 1 aromatic rings. The Morgan fingerprint density at radius 2 is 2.14 bits per heavy atom. The van der Waals surface area contributed by atoms with Gasteiger partial charge < -0.3 is 11.1 Å². The van der Waals surface area contributed by atoms with E-state index in [-0.39, 0.29) is 0 Å². The van der Waals surface area contributed by atoms with Crippen LogP contribution in [-0.2, 0) is 6.54 Å². The van der Waals surface area contributed by atoms with E-state index in [1.165, 1.54) is 5.56 Å². The van der Waals surface area contributed by atoms with Crippen LogP contribution in [-0.4, -0.2) is 12.6 Å². The Morgan fingerprint density at radius 3 is 2.79 bits per heavy atom. The number of hydrogen-bond donors (Lipinski definition) is 2. The largest absolute Gasteiger partial charge is 0.329 e. The Kier molecular flexibility index (Phi) is 5.09. The fraction of sp³-hybridized carbons (Fsp3) is 0.400. The van der Waals surface area contributed by atoms with Gasteiger partial charge in [0.05, 0.1) is 0 Å². The number of rotatable bonds is 4. The lowest BCUT2D eigenvalue weighted by molar-refractivity contribution is 0.555. The summed E-state index contributed by atoms with van der Waals surface area (Å²) in [5.41, 5.74) is 6.76. The molecule has 1 unspecified atom stereocenters. The third kappa shape index (κ3) is 3.69. The third-order valence-corrected chi connectivity index (χ3v) is 3.27. The lowest BCUT2D eigenvalue weighted by Crippen LogP contribution is -2.32. The van der Waals surface area contributed by atoms with Crippen molar-refractivity contribution in [2.75, 3.05) is 6.54 Å². The predicted molar refractivity (Wildman–Crippen MR) is 67.2 cm³/mol. The lowest BCUT2D eigenvalue weighted by atomic mass is 10.2. The summed E-state index contributed by atoms with van der Waals surface area (Å²) < 4.78 is 2.22. The summed E-state index contributed by atoms with van der Waals surface area (Å²) in [5, 5.41) is 3.34. The Hall–Kier alpha value is 0.1000. The van der Waals surface area contributed by atoms with E-state index in [9.17, 15) is 0 Å². The van der Waals surface area contributed by atoms with Crippen molar-refractivity contribution in [3.63, 3.8) is 0 Å². The van der Waals surface area contributed by atoms with Crippen LogP contribution in [0.2, 0.25) is 0 Å². The zero-order valence-corrected chi connectivity index (χ0v) is 11.2. The molecule has 0 spiro atoms. The summed E-state index contributed by atoms with van der Waals surface area (Å²) in [4.78, 5) is 0. The number of benzene rings is 1. The molecule has 1 atom stereocenters. The molecule has 4 heteroatoms. The molecule has 14 heavy (non-hydrogen) atoms. The number of hydrogen-bond acceptors (Lipinski definition) is 2. The van der Waals surface area contributed by atoms with Crippen molar-refractivity contribution in [3.05, 3.63) is 32.7 Å². The van der Waals surface area contributed by atoms with E-state index in [0.29, 0.717) is 12.6 Å². The van der Waals surface area contributed by atoms with E-state index in [2.05, 4.69) is 50.2 Å². The number of nitrogens with one attached hydrogen (secondary N) is 1. The van der Waals surface area contributed by atoms with Gasteiger partial charge in [-0.15, -0.1) is 0 Å². The number of nitrogens with two attached hydrogens (primary N) is 1. The molecule has 1 rings (SSSR count). The van der Waals surface area contributed by atoms with Crippen LogP contribution in [0.4, 0.5) is 0 Å². The van der Waals surface area contributed by atoms with Crippen LogP contribution in [0.3, 0.4) is 0 Å². The average Bonchev–Trinajstić information content (AvgIpc) is 2.19. The molecule has 0 bridgehead atoms. The molecule has 0 amide bonds. The molecule has 0 fully saturated rings. The first-order chi connectivity index (χ1) is 6.63. The summed E-state index contributed by atoms with van der Waals surface area (Å²) in [6.45, 7) is 3.57. The van der Waals surface area contributed by atoms with E-state index in [1.54, 1.807) is 0 Å². The van der Waals surface area contributed by atoms with Gasteiger partial charge in [0.1, 0.15) is 0 Å². The van der Waals surface area contributed by atoms with E-state index < -0.39 is 0 Å². The van der Waals surface area contributed by atoms with Crippen LogP contribution >= 0.6 is 31.9 Å². The Labute approximate surface area is 102 Å². The maximum absolute atomic E-state index is 5.52. The minimum absolute atomic E-state index is 0.348. The standard InChI is InChI=1S/C10H14Br2N2/c1-7(5-13)14-6-8-4-9(11)2-3-10(8)12/h2-4,7,14H,5-6,13H2,1H3. The van der Waals surface area contributed by atoms with Crippen LogP contribution < -0.4 is 11.1 Å². The molecule has 0 aliphatic rings. The van der Waals surface area contributed by atoms with Crippen molar-refractivity contribution in [1.29, 1.82) is 0 Å².